The minimum Gasteiger partial charge on any atom is -0.476 e. The van der Waals surface area contributed by atoms with E-state index in [2.05, 4.69) is 96.5 Å². The molecule has 2 heterocycles. The fourth-order valence-corrected chi connectivity index (χ4v) is 4.10. The summed E-state index contributed by atoms with van der Waals surface area (Å²) in [5.41, 5.74) is 7.92. The van der Waals surface area contributed by atoms with Gasteiger partial charge in [0.05, 0.1) is 0 Å². The Morgan fingerprint density at radius 3 is 2.17 bits per heavy atom. The van der Waals surface area contributed by atoms with Crippen LogP contribution in [0.2, 0.25) is 0 Å². The average Bonchev–Trinajstić information content (AvgIpc) is 3.26. The molecule has 0 N–H and O–H groups in total. The van der Waals surface area contributed by atoms with Gasteiger partial charge in [-0.3, -0.25) is 0 Å². The van der Waals surface area contributed by atoms with Crippen molar-refractivity contribution < 1.29 is 20.1 Å². The van der Waals surface area contributed by atoms with Crippen LogP contribution in [-0.4, -0.2) is 5.84 Å². The molecule has 3 nitrogen and oxygen atoms in total. The summed E-state index contributed by atoms with van der Waals surface area (Å²) in [4.78, 5) is 2.14. The molecule has 0 spiro atoms. The Morgan fingerprint density at radius 2 is 1.33 bits per heavy atom. The number of amidine groups is 1. The van der Waals surface area contributed by atoms with Crippen LogP contribution in [0.4, 0.5) is 11.4 Å². The minimum absolute atomic E-state index is 0. The molecule has 0 amide bonds. The minimum atomic E-state index is 0. The van der Waals surface area contributed by atoms with Crippen molar-refractivity contribution in [1.82, 2.24) is 0 Å². The first-order valence-electron chi connectivity index (χ1n) is 9.67. The molecule has 0 aromatic heterocycles. The van der Waals surface area contributed by atoms with E-state index < -0.39 is 0 Å². The van der Waals surface area contributed by atoms with E-state index in [0.29, 0.717) is 0 Å². The number of para-hydroxylation sites is 2. The summed E-state index contributed by atoms with van der Waals surface area (Å²) in [6, 6.07) is 36.8. The van der Waals surface area contributed by atoms with Gasteiger partial charge in [0.2, 0.25) is 0 Å². The van der Waals surface area contributed by atoms with Crippen LogP contribution in [0.3, 0.4) is 0 Å². The molecule has 147 valence electrons. The summed E-state index contributed by atoms with van der Waals surface area (Å²) < 4.78 is 0. The van der Waals surface area contributed by atoms with Crippen LogP contribution in [0.5, 0.6) is 0 Å². The molecule has 2 aliphatic heterocycles. The summed E-state index contributed by atoms with van der Waals surface area (Å²) in [5.74, 6) is 0.929. The zero-order chi connectivity index (χ0) is 19.2. The third-order valence-electron chi connectivity index (χ3n) is 5.42. The fourth-order valence-electron chi connectivity index (χ4n) is 4.10. The maximum atomic E-state index is 5.01. The van der Waals surface area contributed by atoms with Crippen LogP contribution < -0.4 is 9.91 Å². The SMILES string of the molecule is [Ir].[c-]1cccc2c1N1[CH-]N(c3ccccc3-c3ccccc3)N=C1c1ccccc1-2. The molecule has 0 fully saturated rings. The summed E-state index contributed by atoms with van der Waals surface area (Å²) in [6.45, 7) is 2.06. The Balaban J connectivity index is 0.00000193. The van der Waals surface area contributed by atoms with Gasteiger partial charge in [-0.05, 0) is 11.6 Å². The number of hydrogen-bond donors (Lipinski definition) is 0. The molecule has 0 saturated carbocycles. The van der Waals surface area contributed by atoms with Crippen LogP contribution in [0, 0.1) is 12.7 Å². The van der Waals surface area contributed by atoms with Gasteiger partial charge in [-0.15, -0.1) is 12.2 Å². The quantitative estimate of drug-likeness (QED) is 0.281. The monoisotopic (exact) mass is 564 g/mol. The molecule has 2 aliphatic rings. The molecule has 6 rings (SSSR count). The molecule has 0 aliphatic carbocycles. The van der Waals surface area contributed by atoms with E-state index in [1.54, 1.807) is 0 Å². The first-order valence-corrected chi connectivity index (χ1v) is 9.67. The molecule has 0 atom stereocenters. The average molecular weight is 564 g/mol. The largest absolute Gasteiger partial charge is 0.476 e. The molecule has 30 heavy (non-hydrogen) atoms. The third kappa shape index (κ3) is 2.88. The predicted octanol–water partition coefficient (Wildman–Crippen LogP) is 5.94. The number of nitrogens with zero attached hydrogens (tertiary/aromatic N) is 3. The maximum Gasteiger partial charge on any atom is 0.127 e. The first kappa shape index (κ1) is 18.8. The zero-order valence-corrected chi connectivity index (χ0v) is 18.4. The Labute approximate surface area is 189 Å². The summed E-state index contributed by atoms with van der Waals surface area (Å²) in [5, 5.41) is 6.98. The van der Waals surface area contributed by atoms with Crippen molar-refractivity contribution in [1.29, 1.82) is 0 Å². The summed E-state index contributed by atoms with van der Waals surface area (Å²) in [7, 11) is 0. The van der Waals surface area contributed by atoms with Crippen molar-refractivity contribution in [3.05, 3.63) is 115 Å². The van der Waals surface area contributed by atoms with E-state index in [9.17, 15) is 0 Å². The second-order valence-electron chi connectivity index (χ2n) is 7.11. The van der Waals surface area contributed by atoms with Crippen LogP contribution in [-0.2, 0) is 20.1 Å². The van der Waals surface area contributed by atoms with E-state index >= 15 is 0 Å². The van der Waals surface area contributed by atoms with Gasteiger partial charge in [0.15, 0.2) is 0 Å². The van der Waals surface area contributed by atoms with Crippen LogP contribution >= 0.6 is 0 Å². The maximum absolute atomic E-state index is 5.01. The standard InChI is InChI=1S/C26H17N3.Ir/c1-2-10-19(11-3-1)20-12-6-9-17-25(20)29-18-28-24-16-8-7-14-22(24)21-13-4-5-15-23(21)26(28)27-29;/h1-15,17-18H;/q-2;. The molecule has 4 aromatic rings. The Morgan fingerprint density at radius 1 is 0.667 bits per heavy atom. The van der Waals surface area contributed by atoms with Gasteiger partial charge in [-0.2, -0.15) is 29.4 Å². The van der Waals surface area contributed by atoms with Crippen LogP contribution in [0.15, 0.2) is 102 Å². The van der Waals surface area contributed by atoms with E-state index in [-0.39, 0.29) is 20.1 Å². The fraction of sp³-hybridized carbons (Fsp3) is 0. The van der Waals surface area contributed by atoms with E-state index in [1.165, 1.54) is 16.7 Å². The summed E-state index contributed by atoms with van der Waals surface area (Å²) >= 11 is 0. The van der Waals surface area contributed by atoms with Gasteiger partial charge in [0, 0.05) is 36.9 Å². The molecular weight excluding hydrogens is 547 g/mol. The van der Waals surface area contributed by atoms with Crippen molar-refractivity contribution in [3.8, 4) is 22.3 Å². The van der Waals surface area contributed by atoms with Crippen molar-refractivity contribution in [2.45, 2.75) is 0 Å². The van der Waals surface area contributed by atoms with Crippen molar-refractivity contribution in [2.24, 2.45) is 5.10 Å². The molecule has 0 unspecified atom stereocenters. The third-order valence-corrected chi connectivity index (χ3v) is 5.42. The molecule has 4 aromatic carbocycles. The number of benzene rings is 4. The number of anilines is 2. The molecule has 4 heteroatoms. The molecule has 0 saturated heterocycles. The Bertz CT molecular complexity index is 1250. The molecule has 1 radical (unpaired) electrons. The van der Waals surface area contributed by atoms with Crippen LogP contribution in [0.1, 0.15) is 5.56 Å². The van der Waals surface area contributed by atoms with Crippen molar-refractivity contribution >= 4 is 17.2 Å². The van der Waals surface area contributed by atoms with Crippen molar-refractivity contribution in [3.63, 3.8) is 0 Å². The second kappa shape index (κ2) is 7.56. The molecule has 0 bridgehead atoms. The van der Waals surface area contributed by atoms with E-state index in [4.69, 9.17) is 5.10 Å². The number of fused-ring (bicyclic) bond motifs is 6. The Kier molecular flexibility index (Phi) is 4.74. The van der Waals surface area contributed by atoms with Gasteiger partial charge >= 0.3 is 0 Å². The summed E-state index contributed by atoms with van der Waals surface area (Å²) in [6.07, 6.45) is 0. The second-order valence-corrected chi connectivity index (χ2v) is 7.11. The topological polar surface area (TPSA) is 18.8 Å². The van der Waals surface area contributed by atoms with Crippen molar-refractivity contribution in [2.75, 3.05) is 9.91 Å². The van der Waals surface area contributed by atoms with E-state index in [1.807, 2.05) is 23.2 Å². The normalized spacial score (nSPS) is 13.7. The van der Waals surface area contributed by atoms with Gasteiger partial charge in [-0.1, -0.05) is 84.0 Å². The zero-order valence-electron chi connectivity index (χ0n) is 16.0. The number of hydrogen-bond acceptors (Lipinski definition) is 3. The Hall–Kier alpha value is -3.20. The number of rotatable bonds is 2. The predicted molar refractivity (Wildman–Crippen MR) is 118 cm³/mol. The van der Waals surface area contributed by atoms with Crippen LogP contribution in [0.25, 0.3) is 22.3 Å². The number of hydrazone groups is 1. The first-order chi connectivity index (χ1) is 14.4. The van der Waals surface area contributed by atoms with Gasteiger partial charge < -0.3 is 9.91 Å². The van der Waals surface area contributed by atoms with Gasteiger partial charge in [-0.25, -0.2) is 0 Å². The van der Waals surface area contributed by atoms with Gasteiger partial charge in [0.25, 0.3) is 0 Å². The van der Waals surface area contributed by atoms with E-state index in [0.717, 1.165) is 28.3 Å². The molecular formula is C26H17IrN3-2. The van der Waals surface area contributed by atoms with Gasteiger partial charge in [0.1, 0.15) is 5.84 Å². The smallest absolute Gasteiger partial charge is 0.127 e.